The third-order valence-corrected chi connectivity index (χ3v) is 4.83. The second-order valence-corrected chi connectivity index (χ2v) is 6.38. The van der Waals surface area contributed by atoms with Crippen LogP contribution < -0.4 is 4.90 Å². The van der Waals surface area contributed by atoms with Gasteiger partial charge in [0, 0.05) is 44.4 Å². The van der Waals surface area contributed by atoms with Gasteiger partial charge < -0.3 is 14.5 Å². The second-order valence-electron chi connectivity index (χ2n) is 6.38. The molecule has 4 rings (SSSR count). The predicted octanol–water partition coefficient (Wildman–Crippen LogP) is 0.778. The second kappa shape index (κ2) is 6.72. The van der Waals surface area contributed by atoms with Crippen LogP contribution in [0, 0.1) is 0 Å². The third kappa shape index (κ3) is 3.30. The van der Waals surface area contributed by atoms with Crippen molar-refractivity contribution in [2.45, 2.75) is 18.4 Å². The van der Waals surface area contributed by atoms with Gasteiger partial charge in [-0.2, -0.15) is 0 Å². The van der Waals surface area contributed by atoms with Crippen molar-refractivity contribution in [1.29, 1.82) is 0 Å². The van der Waals surface area contributed by atoms with E-state index in [1.165, 1.54) is 6.20 Å². The minimum Gasteiger partial charge on any atom is -0.371 e. The monoisotopic (exact) mass is 340 g/mol. The number of rotatable bonds is 2. The van der Waals surface area contributed by atoms with Gasteiger partial charge in [0.05, 0.1) is 24.9 Å². The van der Waals surface area contributed by atoms with Crippen LogP contribution in [-0.2, 0) is 4.74 Å². The molecule has 8 nitrogen and oxygen atoms in total. The van der Waals surface area contributed by atoms with Crippen LogP contribution in [0.4, 0.5) is 5.95 Å². The lowest BCUT2D eigenvalue weighted by Crippen LogP contribution is -2.58. The van der Waals surface area contributed by atoms with Crippen molar-refractivity contribution in [2.24, 2.45) is 0 Å². The molecular formula is C17H20N6O2. The Morgan fingerprint density at radius 3 is 2.56 bits per heavy atom. The Labute approximate surface area is 145 Å². The Kier molecular flexibility index (Phi) is 4.27. The fraction of sp³-hybridized carbons (Fsp3) is 0.471. The van der Waals surface area contributed by atoms with E-state index in [-0.39, 0.29) is 11.5 Å². The molecule has 1 amide bonds. The number of nitrogens with zero attached hydrogens (tertiary/aromatic N) is 6. The van der Waals surface area contributed by atoms with Crippen molar-refractivity contribution in [3.05, 3.63) is 42.7 Å². The summed E-state index contributed by atoms with van der Waals surface area (Å²) in [6, 6.07) is 1.81. The minimum absolute atomic E-state index is 0.0791. The molecule has 4 heterocycles. The van der Waals surface area contributed by atoms with Crippen LogP contribution in [-0.4, -0.2) is 69.1 Å². The van der Waals surface area contributed by atoms with Crippen molar-refractivity contribution in [3.63, 3.8) is 0 Å². The van der Waals surface area contributed by atoms with Gasteiger partial charge in [0.2, 0.25) is 5.95 Å². The SMILES string of the molecule is O=C(c1cnccn1)N1CCOC2(CCN(c3ncccn3)CC2)C1. The fourth-order valence-electron chi connectivity index (χ4n) is 3.46. The van der Waals surface area contributed by atoms with Crippen molar-refractivity contribution in [2.75, 3.05) is 37.7 Å². The molecule has 0 aromatic carbocycles. The number of hydrogen-bond donors (Lipinski definition) is 0. The Balaban J connectivity index is 1.42. The van der Waals surface area contributed by atoms with Gasteiger partial charge in [0.25, 0.3) is 5.91 Å². The number of hydrogen-bond acceptors (Lipinski definition) is 7. The molecule has 2 aliphatic heterocycles. The van der Waals surface area contributed by atoms with E-state index in [1.54, 1.807) is 24.8 Å². The molecule has 130 valence electrons. The highest BCUT2D eigenvalue weighted by Gasteiger charge is 2.41. The average Bonchev–Trinajstić information content (AvgIpc) is 2.69. The molecule has 0 N–H and O–H groups in total. The largest absolute Gasteiger partial charge is 0.371 e. The highest BCUT2D eigenvalue weighted by molar-refractivity contribution is 5.92. The highest BCUT2D eigenvalue weighted by atomic mass is 16.5. The highest BCUT2D eigenvalue weighted by Crippen LogP contribution is 2.31. The van der Waals surface area contributed by atoms with E-state index in [1.807, 2.05) is 11.0 Å². The molecule has 2 fully saturated rings. The number of aromatic nitrogens is 4. The summed E-state index contributed by atoms with van der Waals surface area (Å²) in [6.45, 7) is 3.36. The summed E-state index contributed by atoms with van der Waals surface area (Å²) in [7, 11) is 0. The lowest BCUT2D eigenvalue weighted by atomic mass is 9.89. The average molecular weight is 340 g/mol. The van der Waals surface area contributed by atoms with Gasteiger partial charge in [-0.1, -0.05) is 0 Å². The standard InChI is InChI=1S/C17H20N6O2/c24-15(14-12-18-6-7-19-14)23-10-11-25-17(13-23)2-8-22(9-3-17)16-20-4-1-5-21-16/h1,4-7,12H,2-3,8-11,13H2. The zero-order valence-corrected chi connectivity index (χ0v) is 13.9. The maximum absolute atomic E-state index is 12.6. The molecule has 0 unspecified atom stereocenters. The quantitative estimate of drug-likeness (QED) is 0.798. The molecule has 0 radical (unpaired) electrons. The maximum atomic E-state index is 12.6. The number of carbonyl (C=O) groups excluding carboxylic acids is 1. The van der Waals surface area contributed by atoms with E-state index < -0.39 is 0 Å². The van der Waals surface area contributed by atoms with Crippen LogP contribution in [0.1, 0.15) is 23.3 Å². The summed E-state index contributed by atoms with van der Waals surface area (Å²) in [5.41, 5.74) is 0.0937. The molecule has 8 heteroatoms. The Bertz CT molecular complexity index is 718. The van der Waals surface area contributed by atoms with Gasteiger partial charge in [0.1, 0.15) is 5.69 Å². The zero-order valence-electron chi connectivity index (χ0n) is 13.9. The maximum Gasteiger partial charge on any atom is 0.274 e. The number of piperidine rings is 1. The molecule has 2 aromatic heterocycles. The van der Waals surface area contributed by atoms with Gasteiger partial charge >= 0.3 is 0 Å². The molecule has 25 heavy (non-hydrogen) atoms. The topological polar surface area (TPSA) is 84.3 Å². The van der Waals surface area contributed by atoms with Crippen LogP contribution in [0.3, 0.4) is 0 Å². The summed E-state index contributed by atoms with van der Waals surface area (Å²) in [5, 5.41) is 0. The summed E-state index contributed by atoms with van der Waals surface area (Å²) in [6.07, 6.45) is 9.82. The van der Waals surface area contributed by atoms with E-state index in [0.717, 1.165) is 31.9 Å². The first-order valence-corrected chi connectivity index (χ1v) is 8.47. The lowest BCUT2D eigenvalue weighted by Gasteiger charge is -2.47. The number of carbonyl (C=O) groups is 1. The fourth-order valence-corrected chi connectivity index (χ4v) is 3.46. The normalized spacial score (nSPS) is 19.8. The smallest absolute Gasteiger partial charge is 0.274 e. The lowest BCUT2D eigenvalue weighted by molar-refractivity contribution is -0.111. The van der Waals surface area contributed by atoms with Gasteiger partial charge in [-0.3, -0.25) is 9.78 Å². The Morgan fingerprint density at radius 2 is 1.84 bits per heavy atom. The third-order valence-electron chi connectivity index (χ3n) is 4.83. The predicted molar refractivity (Wildman–Crippen MR) is 90.1 cm³/mol. The Hall–Kier alpha value is -2.61. The van der Waals surface area contributed by atoms with Crippen molar-refractivity contribution in [1.82, 2.24) is 24.8 Å². The van der Waals surface area contributed by atoms with E-state index >= 15 is 0 Å². The summed E-state index contributed by atoms with van der Waals surface area (Å²) in [5.74, 6) is 0.672. The summed E-state index contributed by atoms with van der Waals surface area (Å²) < 4.78 is 6.11. The van der Waals surface area contributed by atoms with Crippen LogP contribution in [0.15, 0.2) is 37.1 Å². The van der Waals surface area contributed by atoms with Gasteiger partial charge in [-0.05, 0) is 18.9 Å². The first kappa shape index (κ1) is 15.9. The molecule has 2 saturated heterocycles. The van der Waals surface area contributed by atoms with E-state index in [4.69, 9.17) is 4.74 Å². The summed E-state index contributed by atoms with van der Waals surface area (Å²) >= 11 is 0. The van der Waals surface area contributed by atoms with Crippen molar-refractivity contribution < 1.29 is 9.53 Å². The molecular weight excluding hydrogens is 320 g/mol. The molecule has 2 aromatic rings. The number of ether oxygens (including phenoxy) is 1. The molecule has 0 aliphatic carbocycles. The van der Waals surface area contributed by atoms with E-state index in [0.29, 0.717) is 25.4 Å². The summed E-state index contributed by atoms with van der Waals surface area (Å²) in [4.78, 5) is 33.4. The van der Waals surface area contributed by atoms with Crippen LogP contribution >= 0.6 is 0 Å². The molecule has 1 spiro atoms. The van der Waals surface area contributed by atoms with Gasteiger partial charge in [-0.25, -0.2) is 15.0 Å². The van der Waals surface area contributed by atoms with Crippen LogP contribution in [0.25, 0.3) is 0 Å². The van der Waals surface area contributed by atoms with Gasteiger partial charge in [0.15, 0.2) is 0 Å². The van der Waals surface area contributed by atoms with Crippen molar-refractivity contribution in [3.8, 4) is 0 Å². The zero-order chi connectivity index (χ0) is 17.1. The number of morpholine rings is 1. The minimum atomic E-state index is -0.290. The van der Waals surface area contributed by atoms with E-state index in [9.17, 15) is 4.79 Å². The number of amides is 1. The first-order valence-electron chi connectivity index (χ1n) is 8.47. The van der Waals surface area contributed by atoms with Crippen LogP contribution in [0.2, 0.25) is 0 Å². The van der Waals surface area contributed by atoms with Crippen molar-refractivity contribution >= 4 is 11.9 Å². The molecule has 0 saturated carbocycles. The van der Waals surface area contributed by atoms with E-state index in [2.05, 4.69) is 24.8 Å². The molecule has 0 bridgehead atoms. The molecule has 0 atom stereocenters. The molecule has 2 aliphatic rings. The van der Waals surface area contributed by atoms with Gasteiger partial charge in [-0.15, -0.1) is 0 Å². The van der Waals surface area contributed by atoms with Crippen LogP contribution in [0.5, 0.6) is 0 Å². The first-order chi connectivity index (χ1) is 12.3. The Morgan fingerprint density at radius 1 is 1.04 bits per heavy atom. The number of anilines is 1.